The van der Waals surface area contributed by atoms with E-state index in [1.807, 2.05) is 6.07 Å². The Kier molecular flexibility index (Phi) is 4.66. The molecule has 0 N–H and O–H groups in total. The van der Waals surface area contributed by atoms with E-state index in [1.54, 1.807) is 22.3 Å². The molecule has 0 spiro atoms. The van der Waals surface area contributed by atoms with E-state index in [0.29, 0.717) is 30.5 Å². The van der Waals surface area contributed by atoms with E-state index < -0.39 is 10.0 Å². The van der Waals surface area contributed by atoms with Crippen molar-refractivity contribution in [1.82, 2.24) is 9.21 Å². The van der Waals surface area contributed by atoms with Gasteiger partial charge >= 0.3 is 0 Å². The van der Waals surface area contributed by atoms with Crippen molar-refractivity contribution >= 4 is 50.2 Å². The number of aryl methyl sites for hydroxylation is 2. The number of rotatable bonds is 3. The largest absolute Gasteiger partial charge is 0.335 e. The van der Waals surface area contributed by atoms with Crippen LogP contribution >= 0.6 is 34.3 Å². The number of hydrogen-bond donors (Lipinski definition) is 0. The fourth-order valence-corrected chi connectivity index (χ4v) is 7.57. The number of hydrogen-bond acceptors (Lipinski definition) is 5. The van der Waals surface area contributed by atoms with Crippen molar-refractivity contribution in [2.24, 2.45) is 0 Å². The maximum atomic E-state index is 12.7. The quantitative estimate of drug-likeness (QED) is 0.772. The first-order chi connectivity index (χ1) is 11.9. The third-order valence-corrected chi connectivity index (χ3v) is 9.45. The Bertz CT molecular complexity index is 889. The van der Waals surface area contributed by atoms with Gasteiger partial charge in [-0.2, -0.15) is 4.31 Å². The average Bonchev–Trinajstić information content (AvgIpc) is 3.30. The van der Waals surface area contributed by atoms with Crippen LogP contribution in [0.3, 0.4) is 0 Å². The van der Waals surface area contributed by atoms with Crippen LogP contribution < -0.4 is 0 Å². The van der Waals surface area contributed by atoms with Crippen molar-refractivity contribution in [3.63, 3.8) is 0 Å². The van der Waals surface area contributed by atoms with Gasteiger partial charge in [-0.15, -0.1) is 22.7 Å². The summed E-state index contributed by atoms with van der Waals surface area (Å²) in [6.07, 6.45) is 3.32. The van der Waals surface area contributed by atoms with Crippen LogP contribution in [0.15, 0.2) is 22.4 Å². The van der Waals surface area contributed by atoms with Crippen LogP contribution in [0.2, 0.25) is 4.34 Å². The summed E-state index contributed by atoms with van der Waals surface area (Å²) in [4.78, 5) is 16.6. The molecule has 0 unspecified atom stereocenters. The Labute approximate surface area is 159 Å². The number of fused-ring (bicyclic) bond motifs is 1. The van der Waals surface area contributed by atoms with Gasteiger partial charge in [-0.05, 0) is 43.0 Å². The lowest BCUT2D eigenvalue weighted by Gasteiger charge is -2.33. The molecule has 1 aliphatic heterocycles. The predicted molar refractivity (Wildman–Crippen MR) is 100 cm³/mol. The van der Waals surface area contributed by atoms with Gasteiger partial charge in [0.1, 0.15) is 4.21 Å². The van der Waals surface area contributed by atoms with Crippen LogP contribution in [0.25, 0.3) is 0 Å². The molecule has 5 nitrogen and oxygen atoms in total. The van der Waals surface area contributed by atoms with E-state index in [4.69, 9.17) is 11.6 Å². The normalized spacial score (nSPS) is 18.5. The first-order valence-corrected chi connectivity index (χ1v) is 11.6. The zero-order chi connectivity index (χ0) is 17.6. The molecular weight excluding hydrogens is 400 g/mol. The molecule has 9 heteroatoms. The molecular formula is C16H17ClN2O3S3. The highest BCUT2D eigenvalue weighted by Gasteiger charge is 2.32. The summed E-state index contributed by atoms with van der Waals surface area (Å²) in [5.74, 6) is 0.0237. The van der Waals surface area contributed by atoms with Gasteiger partial charge in [0.05, 0.1) is 9.21 Å². The van der Waals surface area contributed by atoms with Gasteiger partial charge in [0, 0.05) is 31.1 Å². The van der Waals surface area contributed by atoms with Gasteiger partial charge in [0.2, 0.25) is 0 Å². The number of amides is 1. The highest BCUT2D eigenvalue weighted by atomic mass is 35.5. The molecule has 4 rings (SSSR count). The second-order valence-corrected chi connectivity index (χ2v) is 11.2. The van der Waals surface area contributed by atoms with E-state index in [-0.39, 0.29) is 10.1 Å². The van der Waals surface area contributed by atoms with Crippen molar-refractivity contribution in [1.29, 1.82) is 0 Å². The van der Waals surface area contributed by atoms with Crippen molar-refractivity contribution < 1.29 is 13.2 Å². The summed E-state index contributed by atoms with van der Waals surface area (Å²) in [5, 5.41) is 0. The van der Waals surface area contributed by atoms with Gasteiger partial charge in [0.25, 0.3) is 15.9 Å². The van der Waals surface area contributed by atoms with E-state index >= 15 is 0 Å². The fourth-order valence-electron chi connectivity index (χ4n) is 3.29. The topological polar surface area (TPSA) is 57.7 Å². The number of nitrogens with zero attached hydrogens (tertiary/aromatic N) is 2. The van der Waals surface area contributed by atoms with Crippen LogP contribution in [-0.4, -0.2) is 49.7 Å². The Morgan fingerprint density at radius 2 is 1.84 bits per heavy atom. The summed E-state index contributed by atoms with van der Waals surface area (Å²) in [6.45, 7) is 1.46. The molecule has 1 fully saturated rings. The lowest BCUT2D eigenvalue weighted by atomic mass is 10.2. The summed E-state index contributed by atoms with van der Waals surface area (Å²) in [5.41, 5.74) is 1.31. The van der Waals surface area contributed by atoms with Crippen LogP contribution in [0, 0.1) is 0 Å². The average molecular weight is 417 g/mol. The third-order valence-electron chi connectivity index (χ3n) is 4.63. The Morgan fingerprint density at radius 3 is 2.48 bits per heavy atom. The zero-order valence-corrected chi connectivity index (χ0v) is 16.6. The van der Waals surface area contributed by atoms with Crippen molar-refractivity contribution in [3.8, 4) is 0 Å². The second kappa shape index (κ2) is 6.66. The molecule has 25 heavy (non-hydrogen) atoms. The first-order valence-electron chi connectivity index (χ1n) is 8.11. The Balaban J connectivity index is 1.43. The van der Waals surface area contributed by atoms with E-state index in [1.165, 1.54) is 27.2 Å². The number of sulfonamides is 1. The zero-order valence-electron chi connectivity index (χ0n) is 13.4. The fraction of sp³-hybridized carbons (Fsp3) is 0.438. The summed E-state index contributed by atoms with van der Waals surface area (Å²) in [7, 11) is -3.52. The smallest absolute Gasteiger partial charge is 0.264 e. The van der Waals surface area contributed by atoms with E-state index in [0.717, 1.165) is 29.1 Å². The van der Waals surface area contributed by atoms with Crippen LogP contribution in [0.1, 0.15) is 26.5 Å². The first kappa shape index (κ1) is 17.5. The molecule has 134 valence electrons. The molecule has 1 amide bonds. The number of piperazine rings is 1. The van der Waals surface area contributed by atoms with Gasteiger partial charge in [0.15, 0.2) is 0 Å². The minimum absolute atomic E-state index is 0.0237. The predicted octanol–water partition coefficient (Wildman–Crippen LogP) is 3.10. The molecule has 0 radical (unpaired) electrons. The Morgan fingerprint density at radius 1 is 1.08 bits per heavy atom. The molecule has 3 heterocycles. The molecule has 1 saturated heterocycles. The molecule has 2 aromatic heterocycles. The number of thiophene rings is 2. The molecule has 0 bridgehead atoms. The number of carbonyl (C=O) groups excluding carboxylic acids is 1. The van der Waals surface area contributed by atoms with Crippen LogP contribution in [0.4, 0.5) is 0 Å². The van der Waals surface area contributed by atoms with Crippen molar-refractivity contribution in [2.75, 3.05) is 26.2 Å². The summed E-state index contributed by atoms with van der Waals surface area (Å²) in [6, 6.07) is 5.15. The Hall–Kier alpha value is -0.930. The van der Waals surface area contributed by atoms with Crippen molar-refractivity contribution in [3.05, 3.63) is 37.9 Å². The highest BCUT2D eigenvalue weighted by Crippen LogP contribution is 2.32. The number of halogens is 1. The van der Waals surface area contributed by atoms with Crippen LogP contribution in [-0.2, 0) is 22.9 Å². The van der Waals surface area contributed by atoms with Gasteiger partial charge in [-0.3, -0.25) is 4.79 Å². The molecule has 2 aromatic rings. The molecule has 0 saturated carbocycles. The van der Waals surface area contributed by atoms with E-state index in [9.17, 15) is 13.2 Å². The van der Waals surface area contributed by atoms with E-state index in [2.05, 4.69) is 0 Å². The van der Waals surface area contributed by atoms with Crippen molar-refractivity contribution in [2.45, 2.75) is 23.5 Å². The molecule has 1 aliphatic carbocycles. The molecule has 2 aliphatic rings. The monoisotopic (exact) mass is 416 g/mol. The van der Waals surface area contributed by atoms with Gasteiger partial charge in [-0.1, -0.05) is 11.6 Å². The summed E-state index contributed by atoms with van der Waals surface area (Å²) >= 11 is 8.51. The lowest BCUT2D eigenvalue weighted by Crippen LogP contribution is -2.50. The minimum Gasteiger partial charge on any atom is -0.335 e. The second-order valence-electron chi connectivity index (χ2n) is 6.17. The number of carbonyl (C=O) groups is 1. The third kappa shape index (κ3) is 3.26. The van der Waals surface area contributed by atoms with Gasteiger partial charge < -0.3 is 4.90 Å². The summed E-state index contributed by atoms with van der Waals surface area (Å²) < 4.78 is 27.4. The lowest BCUT2D eigenvalue weighted by molar-refractivity contribution is 0.0703. The maximum Gasteiger partial charge on any atom is 0.264 e. The molecule has 0 aromatic carbocycles. The SMILES string of the molecule is O=C(c1cc2c(s1)CCC2)N1CCN(S(=O)(=O)c2ccc(Cl)s2)CC1. The minimum atomic E-state index is -3.52. The standard InChI is InChI=1S/C16H17ClN2O3S3/c17-14-4-5-15(24-14)25(21,22)19-8-6-18(7-9-19)16(20)13-10-11-2-1-3-12(11)23-13/h4-5,10H,1-3,6-9H2. The highest BCUT2D eigenvalue weighted by molar-refractivity contribution is 7.91. The van der Waals surface area contributed by atoms with Gasteiger partial charge in [-0.25, -0.2) is 8.42 Å². The maximum absolute atomic E-state index is 12.7. The van der Waals surface area contributed by atoms with Crippen LogP contribution in [0.5, 0.6) is 0 Å². The molecule has 0 atom stereocenters.